The number of hydrogen-bond acceptors (Lipinski definition) is 3. The number of rotatable bonds is 9. The molecule has 2 atom stereocenters. The Morgan fingerprint density at radius 2 is 1.56 bits per heavy atom. The quantitative estimate of drug-likeness (QED) is 0.219. The van der Waals surface area contributed by atoms with Crippen LogP contribution < -0.4 is 9.84 Å². The maximum absolute atomic E-state index is 13.4. The van der Waals surface area contributed by atoms with Gasteiger partial charge in [-0.25, -0.2) is 8.78 Å². The van der Waals surface area contributed by atoms with E-state index in [1.807, 2.05) is 60.7 Å². The Balaban J connectivity index is 1.51. The third-order valence-electron chi connectivity index (χ3n) is 7.05. The van der Waals surface area contributed by atoms with Gasteiger partial charge in [-0.3, -0.25) is 0 Å². The normalized spacial score (nSPS) is 20.3. The van der Waals surface area contributed by atoms with Crippen LogP contribution in [0.4, 0.5) is 8.78 Å². The number of likely N-dealkylation sites (tertiary alicyclic amines) is 1. The Morgan fingerprint density at radius 1 is 1.00 bits per heavy atom. The Hall–Kier alpha value is -3.25. The van der Waals surface area contributed by atoms with E-state index in [1.54, 1.807) is 0 Å². The highest BCUT2D eigenvalue weighted by Crippen LogP contribution is 2.45. The molecule has 34 heavy (non-hydrogen) atoms. The zero-order chi connectivity index (χ0) is 24.2. The van der Waals surface area contributed by atoms with E-state index < -0.39 is 22.9 Å². The Kier molecular flexibility index (Phi) is 6.98. The van der Waals surface area contributed by atoms with Gasteiger partial charge in [-0.1, -0.05) is 60.7 Å². The van der Waals surface area contributed by atoms with Gasteiger partial charge in [0, 0.05) is 37.0 Å². The highest BCUT2D eigenvalue weighted by atomic mass is 19.1. The number of hydrogen-bond donors (Lipinski definition) is 1. The average Bonchev–Trinajstić information content (AvgIpc) is 3.20. The number of ether oxygens (including phenoxy) is 1. The molecule has 1 saturated heterocycles. The molecule has 3 aromatic carbocycles. The highest BCUT2D eigenvalue weighted by molar-refractivity contribution is 5.87. The van der Waals surface area contributed by atoms with Crippen LogP contribution in [0.1, 0.15) is 24.0 Å². The molecular weight excluding hydrogens is 434 g/mol. The molecule has 0 radical (unpaired) electrons. The summed E-state index contributed by atoms with van der Waals surface area (Å²) in [6, 6.07) is 22.5. The molecule has 4 nitrogen and oxygen atoms in total. The molecule has 0 aromatic heterocycles. The summed E-state index contributed by atoms with van der Waals surface area (Å²) in [6.45, 7) is 2.79. The van der Waals surface area contributed by atoms with Crippen LogP contribution in [-0.2, 0) is 5.41 Å². The van der Waals surface area contributed by atoms with Crippen molar-refractivity contribution in [2.75, 3.05) is 33.3 Å². The zero-order valence-corrected chi connectivity index (χ0v) is 19.3. The lowest BCUT2D eigenvalue weighted by atomic mass is 9.65. The van der Waals surface area contributed by atoms with Gasteiger partial charge in [0.2, 0.25) is 0 Å². The van der Waals surface area contributed by atoms with Gasteiger partial charge in [0.1, 0.15) is 17.4 Å². The fraction of sp³-hybridized carbons (Fsp3) is 0.321. The summed E-state index contributed by atoms with van der Waals surface area (Å²) in [7, 11) is 2.16. The maximum Gasteiger partial charge on any atom is 0.129 e. The van der Waals surface area contributed by atoms with Crippen molar-refractivity contribution in [3.8, 4) is 5.75 Å². The van der Waals surface area contributed by atoms with Crippen LogP contribution in [0.5, 0.6) is 5.75 Å². The van der Waals surface area contributed by atoms with Crippen LogP contribution in [0.2, 0.25) is 0 Å². The molecule has 6 heteroatoms. The van der Waals surface area contributed by atoms with Crippen LogP contribution in [0, 0.1) is 23.0 Å². The second-order valence-electron chi connectivity index (χ2n) is 9.41. The van der Waals surface area contributed by atoms with Crippen molar-refractivity contribution in [3.05, 3.63) is 102 Å². The number of quaternary nitrogens is 1. The number of benzene rings is 3. The molecule has 4 rings (SSSR count). The fourth-order valence-electron chi connectivity index (χ4n) is 5.47. The van der Waals surface area contributed by atoms with Gasteiger partial charge in [-0.2, -0.15) is 0 Å². The van der Waals surface area contributed by atoms with Crippen LogP contribution in [0.15, 0.2) is 78.9 Å². The molecule has 1 aliphatic heterocycles. The van der Waals surface area contributed by atoms with E-state index in [-0.39, 0.29) is 11.7 Å². The first-order chi connectivity index (χ1) is 16.3. The Morgan fingerprint density at radius 3 is 2.09 bits per heavy atom. The molecule has 1 heterocycles. The van der Waals surface area contributed by atoms with E-state index in [0.717, 1.165) is 47.7 Å². The summed E-state index contributed by atoms with van der Waals surface area (Å²) in [6.07, 6.45) is 1.53. The second kappa shape index (κ2) is 9.94. The van der Waals surface area contributed by atoms with Crippen molar-refractivity contribution in [1.82, 2.24) is 0 Å². The third-order valence-corrected chi connectivity index (χ3v) is 7.05. The summed E-state index contributed by atoms with van der Waals surface area (Å²) < 4.78 is 33.1. The molecule has 0 aliphatic carbocycles. The van der Waals surface area contributed by atoms with Crippen LogP contribution in [0.25, 0.3) is 0 Å². The van der Waals surface area contributed by atoms with Crippen molar-refractivity contribution in [2.45, 2.75) is 18.3 Å². The minimum atomic E-state index is -1.02. The van der Waals surface area contributed by atoms with E-state index in [0.29, 0.717) is 13.0 Å². The molecule has 0 spiro atoms. The highest BCUT2D eigenvalue weighted by Gasteiger charge is 2.49. The summed E-state index contributed by atoms with van der Waals surface area (Å²) in [5.41, 5.74) is 0.695. The van der Waals surface area contributed by atoms with Gasteiger partial charge >= 0.3 is 0 Å². The molecule has 1 aliphatic rings. The van der Waals surface area contributed by atoms with Gasteiger partial charge in [-0.15, -0.1) is 0 Å². The van der Waals surface area contributed by atoms with E-state index in [9.17, 15) is 13.9 Å². The third kappa shape index (κ3) is 4.82. The number of nitrogens with zero attached hydrogens (tertiary/aromatic N) is 1. The smallest absolute Gasteiger partial charge is 0.129 e. The summed E-state index contributed by atoms with van der Waals surface area (Å²) in [5.74, 6) is -1.74. The van der Waals surface area contributed by atoms with Crippen molar-refractivity contribution < 1.29 is 23.1 Å². The van der Waals surface area contributed by atoms with E-state index in [2.05, 4.69) is 7.05 Å². The lowest BCUT2D eigenvalue weighted by Gasteiger charge is -2.43. The molecule has 0 saturated carbocycles. The standard InChI is InChI=1S/C28H30F2N2O2/c1-32(14-8-16-34-26-18-24(29)17-25(30)19-26)15-13-23(20-32)28(27(31)33,21-9-4-2-5-10-21)22-11-6-3-7-12-22/h2-7,9-12,17-19,23H,8,13-16,20H2,1H3,(H-,31,33)/t23?,32-/m1/s1. The van der Waals surface area contributed by atoms with E-state index in [1.165, 1.54) is 12.1 Å². The predicted octanol–water partition coefficient (Wildman–Crippen LogP) is 4.52. The number of halogens is 2. The second-order valence-corrected chi connectivity index (χ2v) is 9.41. The van der Waals surface area contributed by atoms with Gasteiger partial charge < -0.3 is 19.7 Å². The van der Waals surface area contributed by atoms with Gasteiger partial charge in [0.05, 0.1) is 38.7 Å². The van der Waals surface area contributed by atoms with Gasteiger partial charge in [-0.05, 0) is 17.0 Å². The summed E-state index contributed by atoms with van der Waals surface area (Å²) in [4.78, 5) is 0. The zero-order valence-electron chi connectivity index (χ0n) is 19.3. The van der Waals surface area contributed by atoms with E-state index >= 15 is 0 Å². The summed E-state index contributed by atoms with van der Waals surface area (Å²) in [5, 5.41) is 21.5. The molecule has 0 amide bonds. The van der Waals surface area contributed by atoms with Crippen molar-refractivity contribution >= 4 is 5.90 Å². The Bertz CT molecular complexity index is 1060. The van der Waals surface area contributed by atoms with Crippen LogP contribution >= 0.6 is 0 Å². The van der Waals surface area contributed by atoms with E-state index in [4.69, 9.17) is 10.1 Å². The van der Waals surface area contributed by atoms with Crippen molar-refractivity contribution in [3.63, 3.8) is 0 Å². The topological polar surface area (TPSA) is 56.1 Å². The molecule has 1 N–H and O–H groups in total. The van der Waals surface area contributed by atoms with Gasteiger partial charge in [0.25, 0.3) is 0 Å². The maximum atomic E-state index is 13.4. The SMILES string of the molecule is C[N@@+]1(CCCOc2cc(F)cc(F)c2)CCC(C(C(=N)[O-])(c2ccccc2)c2ccccc2)C1. The minimum absolute atomic E-state index is 0.0227. The number of nitrogens with one attached hydrogen (secondary N) is 1. The molecular formula is C28H30F2N2O2. The van der Waals surface area contributed by atoms with Crippen LogP contribution in [0.3, 0.4) is 0 Å². The van der Waals surface area contributed by atoms with Gasteiger partial charge in [0.15, 0.2) is 0 Å². The molecule has 1 fully saturated rings. The average molecular weight is 465 g/mol. The van der Waals surface area contributed by atoms with Crippen LogP contribution in [-0.4, -0.2) is 43.7 Å². The fourth-order valence-corrected chi connectivity index (χ4v) is 5.47. The van der Waals surface area contributed by atoms with Crippen molar-refractivity contribution in [2.24, 2.45) is 5.92 Å². The van der Waals surface area contributed by atoms with Crippen molar-refractivity contribution in [1.29, 1.82) is 5.41 Å². The first-order valence-corrected chi connectivity index (χ1v) is 11.6. The molecule has 0 bridgehead atoms. The minimum Gasteiger partial charge on any atom is -0.861 e. The molecule has 3 aromatic rings. The summed E-state index contributed by atoms with van der Waals surface area (Å²) >= 11 is 0. The lowest BCUT2D eigenvalue weighted by Crippen LogP contribution is -2.52. The largest absolute Gasteiger partial charge is 0.861 e. The first kappa shape index (κ1) is 23.9. The first-order valence-electron chi connectivity index (χ1n) is 11.6. The molecule has 1 unspecified atom stereocenters. The lowest BCUT2D eigenvalue weighted by molar-refractivity contribution is -0.899. The predicted molar refractivity (Wildman–Crippen MR) is 127 cm³/mol. The Labute approximate surface area is 199 Å². The monoisotopic (exact) mass is 464 g/mol. The molecule has 178 valence electrons.